The van der Waals surface area contributed by atoms with Crippen molar-refractivity contribution in [1.82, 2.24) is 4.98 Å². The number of hydrogen-bond acceptors (Lipinski definition) is 4. The van der Waals surface area contributed by atoms with E-state index >= 15 is 0 Å². The Balaban J connectivity index is 1.49. The van der Waals surface area contributed by atoms with E-state index in [2.05, 4.69) is 35.0 Å². The van der Waals surface area contributed by atoms with E-state index in [1.165, 1.54) is 31.2 Å². The number of thiazole rings is 1. The van der Waals surface area contributed by atoms with Crippen LogP contribution in [0.5, 0.6) is 0 Å². The molecule has 21 heavy (non-hydrogen) atoms. The van der Waals surface area contributed by atoms with Gasteiger partial charge in [-0.05, 0) is 25.7 Å². The predicted octanol–water partition coefficient (Wildman–Crippen LogP) is 4.18. The van der Waals surface area contributed by atoms with Crippen LogP contribution in [0.15, 0.2) is 35.7 Å². The molecule has 1 aromatic carbocycles. The van der Waals surface area contributed by atoms with Gasteiger partial charge in [0.25, 0.3) is 0 Å². The maximum Gasteiger partial charge on any atom is 0.183 e. The van der Waals surface area contributed by atoms with Crippen molar-refractivity contribution < 1.29 is 4.74 Å². The van der Waals surface area contributed by atoms with E-state index in [1.807, 2.05) is 6.07 Å². The van der Waals surface area contributed by atoms with Gasteiger partial charge >= 0.3 is 0 Å². The van der Waals surface area contributed by atoms with Crippen LogP contribution < -0.4 is 5.32 Å². The molecule has 3 nitrogen and oxygen atoms in total. The van der Waals surface area contributed by atoms with E-state index in [9.17, 15) is 0 Å². The first-order valence-electron chi connectivity index (χ1n) is 7.79. The summed E-state index contributed by atoms with van der Waals surface area (Å²) in [5, 5.41) is 6.86. The SMILES string of the molecule is c1ccc(-c2csc(NC3CCCC4OCCC34)n2)cc1. The summed E-state index contributed by atoms with van der Waals surface area (Å²) in [6, 6.07) is 10.9. The van der Waals surface area contributed by atoms with Crippen molar-refractivity contribution in [3.63, 3.8) is 0 Å². The summed E-state index contributed by atoms with van der Waals surface area (Å²) in [6.45, 7) is 0.931. The van der Waals surface area contributed by atoms with Gasteiger partial charge in [-0.3, -0.25) is 0 Å². The number of hydrogen-bond donors (Lipinski definition) is 1. The standard InChI is InChI=1S/C17H20N2OS/c1-2-5-12(6-3-1)15-11-21-17(19-15)18-14-7-4-8-16-13(14)9-10-20-16/h1-3,5-6,11,13-14,16H,4,7-10H2,(H,18,19). The number of nitrogens with zero attached hydrogens (tertiary/aromatic N) is 1. The van der Waals surface area contributed by atoms with Crippen molar-refractivity contribution in [2.24, 2.45) is 5.92 Å². The first kappa shape index (κ1) is 13.3. The van der Waals surface area contributed by atoms with Crippen molar-refractivity contribution in [2.45, 2.75) is 37.8 Å². The molecule has 4 heteroatoms. The van der Waals surface area contributed by atoms with Crippen LogP contribution in [0.4, 0.5) is 5.13 Å². The molecule has 0 radical (unpaired) electrons. The Kier molecular flexibility index (Phi) is 3.65. The van der Waals surface area contributed by atoms with Crippen molar-refractivity contribution in [1.29, 1.82) is 0 Å². The summed E-state index contributed by atoms with van der Waals surface area (Å²) >= 11 is 1.71. The average Bonchev–Trinajstić information content (AvgIpc) is 3.17. The predicted molar refractivity (Wildman–Crippen MR) is 86.7 cm³/mol. The number of benzene rings is 1. The highest BCUT2D eigenvalue weighted by atomic mass is 32.1. The molecule has 1 aliphatic carbocycles. The summed E-state index contributed by atoms with van der Waals surface area (Å²) in [6.07, 6.45) is 5.40. The second-order valence-electron chi connectivity index (χ2n) is 5.95. The summed E-state index contributed by atoms with van der Waals surface area (Å²) in [7, 11) is 0. The molecular weight excluding hydrogens is 280 g/mol. The molecule has 3 unspecified atom stereocenters. The Bertz CT molecular complexity index is 598. The van der Waals surface area contributed by atoms with E-state index in [0.717, 1.165) is 17.4 Å². The zero-order valence-electron chi connectivity index (χ0n) is 12.0. The molecule has 4 rings (SSSR count). The Morgan fingerprint density at radius 2 is 2.05 bits per heavy atom. The largest absolute Gasteiger partial charge is 0.378 e. The molecule has 1 aliphatic heterocycles. The van der Waals surface area contributed by atoms with Crippen LogP contribution >= 0.6 is 11.3 Å². The lowest BCUT2D eigenvalue weighted by Gasteiger charge is -2.33. The molecule has 2 heterocycles. The molecule has 1 saturated carbocycles. The molecule has 0 bridgehead atoms. The zero-order valence-corrected chi connectivity index (χ0v) is 12.8. The summed E-state index contributed by atoms with van der Waals surface area (Å²) < 4.78 is 5.84. The van der Waals surface area contributed by atoms with Crippen LogP contribution in [0.3, 0.4) is 0 Å². The highest BCUT2D eigenvalue weighted by Gasteiger charge is 2.37. The number of rotatable bonds is 3. The molecule has 2 aromatic rings. The second-order valence-corrected chi connectivity index (χ2v) is 6.81. The van der Waals surface area contributed by atoms with Crippen molar-refractivity contribution in [2.75, 3.05) is 11.9 Å². The number of aromatic nitrogens is 1. The van der Waals surface area contributed by atoms with E-state index < -0.39 is 0 Å². The van der Waals surface area contributed by atoms with Gasteiger partial charge in [-0.15, -0.1) is 11.3 Å². The van der Waals surface area contributed by atoms with E-state index in [0.29, 0.717) is 18.1 Å². The van der Waals surface area contributed by atoms with Crippen LogP contribution in [-0.2, 0) is 4.74 Å². The van der Waals surface area contributed by atoms with E-state index in [4.69, 9.17) is 9.72 Å². The monoisotopic (exact) mass is 300 g/mol. The lowest BCUT2D eigenvalue weighted by Crippen LogP contribution is -2.38. The van der Waals surface area contributed by atoms with Gasteiger partial charge in [0.1, 0.15) is 0 Å². The molecule has 110 valence electrons. The second kappa shape index (κ2) is 5.78. The van der Waals surface area contributed by atoms with E-state index in [-0.39, 0.29) is 0 Å². The third kappa shape index (κ3) is 2.70. The summed E-state index contributed by atoms with van der Waals surface area (Å²) in [5.41, 5.74) is 2.26. The normalized spacial score (nSPS) is 28.3. The first-order valence-corrected chi connectivity index (χ1v) is 8.67. The molecule has 0 spiro atoms. The van der Waals surface area contributed by atoms with Gasteiger partial charge in [-0.25, -0.2) is 4.98 Å². The van der Waals surface area contributed by atoms with Gasteiger partial charge in [0.15, 0.2) is 5.13 Å². The third-order valence-electron chi connectivity index (χ3n) is 4.66. The molecular formula is C17H20N2OS. The van der Waals surface area contributed by atoms with Crippen molar-refractivity contribution in [3.05, 3.63) is 35.7 Å². The van der Waals surface area contributed by atoms with Gasteiger partial charge in [-0.2, -0.15) is 0 Å². The Morgan fingerprint density at radius 3 is 2.95 bits per heavy atom. The fraction of sp³-hybridized carbons (Fsp3) is 0.471. The molecule has 1 saturated heterocycles. The van der Waals surface area contributed by atoms with Crippen molar-refractivity contribution >= 4 is 16.5 Å². The van der Waals surface area contributed by atoms with Crippen LogP contribution in [0.1, 0.15) is 25.7 Å². The Morgan fingerprint density at radius 1 is 1.14 bits per heavy atom. The molecule has 2 aliphatic rings. The zero-order chi connectivity index (χ0) is 14.1. The Labute approximate surface area is 129 Å². The third-order valence-corrected chi connectivity index (χ3v) is 5.44. The van der Waals surface area contributed by atoms with Gasteiger partial charge in [0.05, 0.1) is 11.8 Å². The number of anilines is 1. The quantitative estimate of drug-likeness (QED) is 0.923. The lowest BCUT2D eigenvalue weighted by molar-refractivity contribution is 0.0620. The topological polar surface area (TPSA) is 34.1 Å². The highest BCUT2D eigenvalue weighted by molar-refractivity contribution is 7.14. The minimum atomic E-state index is 0.477. The molecule has 1 aromatic heterocycles. The maximum atomic E-state index is 5.84. The molecule has 1 N–H and O–H groups in total. The fourth-order valence-electron chi connectivity index (χ4n) is 3.60. The minimum Gasteiger partial charge on any atom is -0.378 e. The van der Waals surface area contributed by atoms with Crippen LogP contribution in [0, 0.1) is 5.92 Å². The smallest absolute Gasteiger partial charge is 0.183 e. The van der Waals surface area contributed by atoms with Gasteiger partial charge < -0.3 is 10.1 Å². The number of fused-ring (bicyclic) bond motifs is 1. The van der Waals surface area contributed by atoms with Crippen LogP contribution in [0.2, 0.25) is 0 Å². The maximum absolute atomic E-state index is 5.84. The van der Waals surface area contributed by atoms with Crippen LogP contribution in [0.25, 0.3) is 11.3 Å². The number of nitrogens with one attached hydrogen (secondary N) is 1. The number of ether oxygens (including phenoxy) is 1. The summed E-state index contributed by atoms with van der Waals surface area (Å²) in [5.74, 6) is 0.669. The highest BCUT2D eigenvalue weighted by Crippen LogP contribution is 2.36. The van der Waals surface area contributed by atoms with Gasteiger partial charge in [-0.1, -0.05) is 30.3 Å². The van der Waals surface area contributed by atoms with Gasteiger partial charge in [0.2, 0.25) is 0 Å². The fourth-order valence-corrected chi connectivity index (χ4v) is 4.38. The van der Waals surface area contributed by atoms with E-state index in [1.54, 1.807) is 11.3 Å². The molecule has 0 amide bonds. The van der Waals surface area contributed by atoms with Crippen molar-refractivity contribution in [3.8, 4) is 11.3 Å². The molecule has 2 fully saturated rings. The molecule has 3 atom stereocenters. The lowest BCUT2D eigenvalue weighted by atomic mass is 9.82. The minimum absolute atomic E-state index is 0.477. The van der Waals surface area contributed by atoms with Crippen LogP contribution in [-0.4, -0.2) is 23.7 Å². The average molecular weight is 300 g/mol. The Hall–Kier alpha value is -1.39. The first-order chi connectivity index (χ1) is 10.4. The van der Waals surface area contributed by atoms with Gasteiger partial charge in [0, 0.05) is 29.5 Å². The summed E-state index contributed by atoms with van der Waals surface area (Å²) in [4.78, 5) is 4.76.